The van der Waals surface area contributed by atoms with Crippen LogP contribution >= 0.6 is 12.4 Å². The highest BCUT2D eigenvalue weighted by atomic mass is 35.5. The number of carbonyl (C=O) groups excluding carboxylic acids is 1. The zero-order valence-electron chi connectivity index (χ0n) is 13.2. The maximum Gasteiger partial charge on any atom is 0.379 e. The zero-order valence-corrected chi connectivity index (χ0v) is 14.0. The lowest BCUT2D eigenvalue weighted by Gasteiger charge is -2.24. The fourth-order valence-corrected chi connectivity index (χ4v) is 1.85. The molecule has 23 heavy (non-hydrogen) atoms. The molecule has 1 aromatic carbocycles. The van der Waals surface area contributed by atoms with Gasteiger partial charge in [0, 0.05) is 11.6 Å². The molecule has 6 nitrogen and oxygen atoms in total. The van der Waals surface area contributed by atoms with Gasteiger partial charge in [0.05, 0.1) is 27.9 Å². The number of nitrogens with two attached hydrogens (primary N) is 1. The average molecular weight is 356 g/mol. The quantitative estimate of drug-likeness (QED) is 0.756. The van der Waals surface area contributed by atoms with E-state index in [9.17, 15) is 13.6 Å². The SMILES string of the molecule is CCOC(=O)C(F)(F)[C@H](N)c1cc(OC)c(OC)cc1OC.Cl. The number of benzene rings is 1. The normalized spacial score (nSPS) is 12.0. The van der Waals surface area contributed by atoms with Crippen molar-refractivity contribution in [2.24, 2.45) is 5.73 Å². The van der Waals surface area contributed by atoms with E-state index in [4.69, 9.17) is 19.9 Å². The van der Waals surface area contributed by atoms with Crippen molar-refractivity contribution in [1.82, 2.24) is 0 Å². The van der Waals surface area contributed by atoms with Crippen molar-refractivity contribution in [3.8, 4) is 17.2 Å². The molecule has 132 valence electrons. The molecule has 0 saturated heterocycles. The Bertz CT molecular complexity index is 542. The van der Waals surface area contributed by atoms with Crippen LogP contribution in [0, 0.1) is 0 Å². The van der Waals surface area contributed by atoms with Gasteiger partial charge in [0.15, 0.2) is 11.5 Å². The fraction of sp³-hybridized carbons (Fsp3) is 0.500. The number of halogens is 3. The maximum atomic E-state index is 14.1. The van der Waals surface area contributed by atoms with Gasteiger partial charge >= 0.3 is 11.9 Å². The van der Waals surface area contributed by atoms with E-state index in [-0.39, 0.29) is 41.8 Å². The van der Waals surface area contributed by atoms with Crippen LogP contribution in [0.15, 0.2) is 12.1 Å². The van der Waals surface area contributed by atoms with E-state index in [1.807, 2.05) is 0 Å². The Morgan fingerprint density at radius 1 is 1.13 bits per heavy atom. The van der Waals surface area contributed by atoms with E-state index in [1.54, 1.807) is 0 Å². The summed E-state index contributed by atoms with van der Waals surface area (Å²) in [6.07, 6.45) is 0. The van der Waals surface area contributed by atoms with Gasteiger partial charge in [0.25, 0.3) is 0 Å². The molecule has 0 unspecified atom stereocenters. The van der Waals surface area contributed by atoms with Crippen molar-refractivity contribution in [1.29, 1.82) is 0 Å². The number of hydrogen-bond acceptors (Lipinski definition) is 6. The highest BCUT2D eigenvalue weighted by molar-refractivity contribution is 5.85. The summed E-state index contributed by atoms with van der Waals surface area (Å²) in [5, 5.41) is 0. The van der Waals surface area contributed by atoms with Crippen LogP contribution in [-0.4, -0.2) is 39.8 Å². The number of hydrogen-bond donors (Lipinski definition) is 1. The molecule has 1 rings (SSSR count). The van der Waals surface area contributed by atoms with E-state index < -0.39 is 17.9 Å². The summed E-state index contributed by atoms with van der Waals surface area (Å²) in [5.41, 5.74) is 5.47. The third-order valence-corrected chi connectivity index (χ3v) is 3.01. The lowest BCUT2D eigenvalue weighted by atomic mass is 9.99. The molecule has 2 N–H and O–H groups in total. The summed E-state index contributed by atoms with van der Waals surface area (Å²) in [5.74, 6) is -5.08. The van der Waals surface area contributed by atoms with E-state index in [0.29, 0.717) is 0 Å². The molecule has 9 heteroatoms. The second-order valence-corrected chi connectivity index (χ2v) is 4.27. The Hall–Kier alpha value is -1.80. The van der Waals surface area contributed by atoms with Gasteiger partial charge < -0.3 is 24.7 Å². The number of carbonyl (C=O) groups is 1. The predicted molar refractivity (Wildman–Crippen MR) is 81.9 cm³/mol. The van der Waals surface area contributed by atoms with Gasteiger partial charge in [-0.2, -0.15) is 8.78 Å². The molecule has 0 aliphatic carbocycles. The lowest BCUT2D eigenvalue weighted by molar-refractivity contribution is -0.174. The van der Waals surface area contributed by atoms with Crippen LogP contribution in [0.4, 0.5) is 8.78 Å². The minimum atomic E-state index is -3.91. The molecule has 0 fully saturated rings. The minimum absolute atomic E-state index is 0. The standard InChI is InChI=1S/C14H19F2NO5.ClH/c1-5-22-13(18)14(15,16)12(17)8-6-10(20-3)11(21-4)7-9(8)19-2;/h6-7,12H,5,17H2,1-4H3;1H/t12-;/m1./s1. The minimum Gasteiger partial charge on any atom is -0.496 e. The highest BCUT2D eigenvalue weighted by Gasteiger charge is 2.49. The summed E-state index contributed by atoms with van der Waals surface area (Å²) in [6, 6.07) is 0.645. The van der Waals surface area contributed by atoms with Gasteiger partial charge in [0.2, 0.25) is 0 Å². The van der Waals surface area contributed by atoms with Gasteiger partial charge in [-0.05, 0) is 13.0 Å². The van der Waals surface area contributed by atoms with Crippen LogP contribution in [0.1, 0.15) is 18.5 Å². The maximum absolute atomic E-state index is 14.1. The first-order chi connectivity index (χ1) is 10.3. The Kier molecular flexibility index (Phi) is 8.05. The van der Waals surface area contributed by atoms with E-state index in [0.717, 1.165) is 0 Å². The number of alkyl halides is 2. The molecule has 0 aliphatic rings. The van der Waals surface area contributed by atoms with Crippen LogP contribution < -0.4 is 19.9 Å². The molecule has 0 saturated carbocycles. The highest BCUT2D eigenvalue weighted by Crippen LogP contribution is 2.41. The molecule has 1 aromatic rings. The Balaban J connectivity index is 0.00000484. The molecule has 0 bridgehead atoms. The Labute approximate surface area is 139 Å². The molecular formula is C14H20ClF2NO5. The van der Waals surface area contributed by atoms with Crippen LogP contribution in [0.25, 0.3) is 0 Å². The van der Waals surface area contributed by atoms with Crippen LogP contribution in [0.3, 0.4) is 0 Å². The fourth-order valence-electron chi connectivity index (χ4n) is 1.85. The molecule has 0 radical (unpaired) electrons. The van der Waals surface area contributed by atoms with Gasteiger partial charge in [-0.15, -0.1) is 12.4 Å². The van der Waals surface area contributed by atoms with Crippen LogP contribution in [0.5, 0.6) is 17.2 Å². The largest absolute Gasteiger partial charge is 0.496 e. The van der Waals surface area contributed by atoms with E-state index >= 15 is 0 Å². The first-order valence-electron chi connectivity index (χ1n) is 6.43. The Morgan fingerprint density at radius 2 is 1.61 bits per heavy atom. The van der Waals surface area contributed by atoms with Crippen LogP contribution in [0.2, 0.25) is 0 Å². The second kappa shape index (κ2) is 8.73. The summed E-state index contributed by atoms with van der Waals surface area (Å²) in [4.78, 5) is 11.4. The summed E-state index contributed by atoms with van der Waals surface area (Å²) < 4.78 is 47.7. The van der Waals surface area contributed by atoms with Crippen molar-refractivity contribution >= 4 is 18.4 Å². The van der Waals surface area contributed by atoms with Crippen molar-refractivity contribution < 1.29 is 32.5 Å². The number of rotatable bonds is 7. The molecule has 0 heterocycles. The number of ether oxygens (including phenoxy) is 4. The van der Waals surface area contributed by atoms with Crippen molar-refractivity contribution in [2.75, 3.05) is 27.9 Å². The predicted octanol–water partition coefficient (Wildman–Crippen LogP) is 2.33. The second-order valence-electron chi connectivity index (χ2n) is 4.27. The topological polar surface area (TPSA) is 80.0 Å². The molecule has 1 atom stereocenters. The molecule has 0 spiro atoms. The monoisotopic (exact) mass is 355 g/mol. The molecule has 0 aliphatic heterocycles. The Morgan fingerprint density at radius 3 is 2.04 bits per heavy atom. The van der Waals surface area contributed by atoms with Gasteiger partial charge in [-0.1, -0.05) is 0 Å². The zero-order chi connectivity index (χ0) is 16.9. The average Bonchev–Trinajstić information content (AvgIpc) is 2.52. The summed E-state index contributed by atoms with van der Waals surface area (Å²) in [7, 11) is 4.03. The van der Waals surface area contributed by atoms with Gasteiger partial charge in [-0.3, -0.25) is 0 Å². The number of esters is 1. The first-order valence-corrected chi connectivity index (χ1v) is 6.43. The molecule has 0 amide bonds. The van der Waals surface area contributed by atoms with Crippen LogP contribution in [-0.2, 0) is 9.53 Å². The van der Waals surface area contributed by atoms with Gasteiger partial charge in [-0.25, -0.2) is 4.79 Å². The van der Waals surface area contributed by atoms with Crippen molar-refractivity contribution in [2.45, 2.75) is 18.9 Å². The molecular weight excluding hydrogens is 336 g/mol. The third-order valence-electron chi connectivity index (χ3n) is 3.01. The smallest absolute Gasteiger partial charge is 0.379 e. The van der Waals surface area contributed by atoms with Crippen molar-refractivity contribution in [3.63, 3.8) is 0 Å². The summed E-state index contributed by atoms with van der Waals surface area (Å²) in [6.45, 7) is 1.25. The first kappa shape index (κ1) is 21.2. The van der Waals surface area contributed by atoms with Crippen molar-refractivity contribution in [3.05, 3.63) is 17.7 Å². The number of methoxy groups -OCH3 is 3. The van der Waals surface area contributed by atoms with Gasteiger partial charge in [0.1, 0.15) is 11.8 Å². The van der Waals surface area contributed by atoms with E-state index in [1.165, 1.54) is 40.4 Å². The lowest BCUT2D eigenvalue weighted by Crippen LogP contribution is -2.41. The third kappa shape index (κ3) is 4.35. The molecule has 0 aromatic heterocycles. The summed E-state index contributed by atoms with van der Waals surface area (Å²) >= 11 is 0. The van der Waals surface area contributed by atoms with E-state index in [2.05, 4.69) is 4.74 Å².